The monoisotopic (exact) mass is 308 g/mol. The molecule has 0 saturated heterocycles. The van der Waals surface area contributed by atoms with Gasteiger partial charge in [-0.2, -0.15) is 0 Å². The van der Waals surface area contributed by atoms with Crippen molar-refractivity contribution in [2.24, 2.45) is 0 Å². The number of benzene rings is 1. The number of aryl methyl sites for hydroxylation is 2. The Hall–Kier alpha value is -1.79. The van der Waals surface area contributed by atoms with E-state index in [9.17, 15) is 8.42 Å². The number of anilines is 1. The molecular weight excluding hydrogens is 288 g/mol. The second-order valence-corrected chi connectivity index (χ2v) is 7.26. The first kappa shape index (κ1) is 15.6. The fourth-order valence-electron chi connectivity index (χ4n) is 1.88. The van der Waals surface area contributed by atoms with Crippen molar-refractivity contribution >= 4 is 15.7 Å². The van der Waals surface area contributed by atoms with Crippen LogP contribution in [-0.4, -0.2) is 26.8 Å². The van der Waals surface area contributed by atoms with Crippen molar-refractivity contribution in [2.45, 2.75) is 25.5 Å². The second kappa shape index (κ2) is 5.91. The zero-order valence-corrected chi connectivity index (χ0v) is 13.5. The molecule has 1 heterocycles. The van der Waals surface area contributed by atoms with Gasteiger partial charge in [0.2, 0.25) is 5.09 Å². The Labute approximate surface area is 125 Å². The van der Waals surface area contributed by atoms with Crippen molar-refractivity contribution in [2.75, 3.05) is 19.4 Å². The first-order chi connectivity index (χ1) is 9.80. The minimum Gasteiger partial charge on any atom is -0.446 e. The van der Waals surface area contributed by atoms with Gasteiger partial charge in [0.05, 0.1) is 6.54 Å². The van der Waals surface area contributed by atoms with Gasteiger partial charge in [-0.1, -0.05) is 12.1 Å². The zero-order valence-electron chi connectivity index (χ0n) is 12.7. The summed E-state index contributed by atoms with van der Waals surface area (Å²) in [5.74, 6) is 0.580. The molecule has 0 aliphatic rings. The maximum atomic E-state index is 11.9. The molecule has 2 aromatic rings. The normalized spacial score (nSPS) is 11.9. The van der Waals surface area contributed by atoms with Gasteiger partial charge in [-0.3, -0.25) is 0 Å². The average Bonchev–Trinajstić information content (AvgIpc) is 2.89. The Morgan fingerprint density at radius 3 is 2.52 bits per heavy atom. The fourth-order valence-corrected chi connectivity index (χ4v) is 2.69. The summed E-state index contributed by atoms with van der Waals surface area (Å²) in [6, 6.07) is 9.30. The minimum atomic E-state index is -3.52. The van der Waals surface area contributed by atoms with E-state index >= 15 is 0 Å². The third-order valence-electron chi connectivity index (χ3n) is 3.22. The molecule has 6 heteroatoms. The summed E-state index contributed by atoms with van der Waals surface area (Å²) in [5.41, 5.74) is 3.31. The number of furan rings is 1. The summed E-state index contributed by atoms with van der Waals surface area (Å²) in [5, 5.41) is 3.23. The van der Waals surface area contributed by atoms with Crippen LogP contribution < -0.4 is 5.32 Å². The Kier molecular flexibility index (Phi) is 4.39. The first-order valence-electron chi connectivity index (χ1n) is 6.63. The molecule has 1 aromatic heterocycles. The molecule has 0 atom stereocenters. The summed E-state index contributed by atoms with van der Waals surface area (Å²) in [7, 11) is -0.559. The van der Waals surface area contributed by atoms with E-state index in [1.54, 1.807) is 6.07 Å². The number of hydrogen-bond acceptors (Lipinski definition) is 4. The van der Waals surface area contributed by atoms with Gasteiger partial charge < -0.3 is 9.73 Å². The molecule has 0 spiro atoms. The van der Waals surface area contributed by atoms with Crippen molar-refractivity contribution in [1.29, 1.82) is 0 Å². The predicted octanol–water partition coefficient (Wildman–Crippen LogP) is 2.76. The van der Waals surface area contributed by atoms with Gasteiger partial charge in [0.25, 0.3) is 10.0 Å². The Morgan fingerprint density at radius 1 is 1.14 bits per heavy atom. The third kappa shape index (κ3) is 3.46. The summed E-state index contributed by atoms with van der Waals surface area (Å²) >= 11 is 0. The molecule has 1 N–H and O–H groups in total. The molecule has 1 aromatic carbocycles. The summed E-state index contributed by atoms with van der Waals surface area (Å²) in [6.07, 6.45) is 0. The highest BCUT2D eigenvalue weighted by Crippen LogP contribution is 2.20. The molecule has 5 nitrogen and oxygen atoms in total. The molecule has 0 aliphatic carbocycles. The van der Waals surface area contributed by atoms with Crippen LogP contribution in [-0.2, 0) is 16.6 Å². The molecule has 0 amide bonds. The SMILES string of the molecule is Cc1ccc(C)c(NCc2ccc(S(=O)(=O)N(C)C)o2)c1. The third-order valence-corrected chi connectivity index (χ3v) is 4.91. The van der Waals surface area contributed by atoms with Gasteiger partial charge >= 0.3 is 0 Å². The molecule has 21 heavy (non-hydrogen) atoms. The van der Waals surface area contributed by atoms with Crippen molar-refractivity contribution in [3.05, 3.63) is 47.2 Å². The van der Waals surface area contributed by atoms with Crippen LogP contribution in [0.1, 0.15) is 16.9 Å². The van der Waals surface area contributed by atoms with Crippen LogP contribution in [0, 0.1) is 13.8 Å². The van der Waals surface area contributed by atoms with Gasteiger partial charge in [-0.05, 0) is 43.2 Å². The molecule has 114 valence electrons. The standard InChI is InChI=1S/C15H20N2O3S/c1-11-5-6-12(2)14(9-11)16-10-13-7-8-15(20-13)21(18,19)17(3)4/h5-9,16H,10H2,1-4H3. The number of nitrogens with one attached hydrogen (secondary N) is 1. The van der Waals surface area contributed by atoms with E-state index in [1.165, 1.54) is 25.7 Å². The smallest absolute Gasteiger partial charge is 0.275 e. The lowest BCUT2D eigenvalue weighted by Crippen LogP contribution is -2.21. The van der Waals surface area contributed by atoms with E-state index < -0.39 is 10.0 Å². The van der Waals surface area contributed by atoms with Crippen LogP contribution in [0.2, 0.25) is 0 Å². The quantitative estimate of drug-likeness (QED) is 0.922. The van der Waals surface area contributed by atoms with E-state index in [0.717, 1.165) is 15.6 Å². The Morgan fingerprint density at radius 2 is 1.86 bits per heavy atom. The number of hydrogen-bond donors (Lipinski definition) is 1. The van der Waals surface area contributed by atoms with E-state index in [1.807, 2.05) is 19.9 Å². The highest BCUT2D eigenvalue weighted by Gasteiger charge is 2.21. The second-order valence-electron chi connectivity index (χ2n) is 5.18. The average molecular weight is 308 g/mol. The molecule has 0 aliphatic heterocycles. The van der Waals surface area contributed by atoms with E-state index in [2.05, 4.69) is 17.4 Å². The zero-order chi connectivity index (χ0) is 15.6. The van der Waals surface area contributed by atoms with Crippen LogP contribution in [0.4, 0.5) is 5.69 Å². The first-order valence-corrected chi connectivity index (χ1v) is 8.07. The molecule has 0 saturated carbocycles. The largest absolute Gasteiger partial charge is 0.446 e. The van der Waals surface area contributed by atoms with Gasteiger partial charge in [-0.15, -0.1) is 0 Å². The molecule has 2 rings (SSSR count). The predicted molar refractivity (Wildman–Crippen MR) is 82.8 cm³/mol. The van der Waals surface area contributed by atoms with Crippen molar-refractivity contribution < 1.29 is 12.8 Å². The highest BCUT2D eigenvalue weighted by molar-refractivity contribution is 7.88. The van der Waals surface area contributed by atoms with Crippen molar-refractivity contribution in [3.63, 3.8) is 0 Å². The number of sulfonamides is 1. The summed E-state index contributed by atoms with van der Waals surface area (Å²) < 4.78 is 30.4. The van der Waals surface area contributed by atoms with Gasteiger partial charge in [0.1, 0.15) is 5.76 Å². The van der Waals surface area contributed by atoms with Gasteiger partial charge in [0, 0.05) is 19.8 Å². The van der Waals surface area contributed by atoms with Crippen LogP contribution in [0.25, 0.3) is 0 Å². The maximum absolute atomic E-state index is 11.9. The van der Waals surface area contributed by atoms with E-state index in [0.29, 0.717) is 12.3 Å². The van der Waals surface area contributed by atoms with Crippen LogP contribution in [0.15, 0.2) is 39.8 Å². The van der Waals surface area contributed by atoms with Crippen LogP contribution >= 0.6 is 0 Å². The fraction of sp³-hybridized carbons (Fsp3) is 0.333. The number of rotatable bonds is 5. The molecule has 0 fully saturated rings. The minimum absolute atomic E-state index is 0.0368. The van der Waals surface area contributed by atoms with Crippen LogP contribution in [0.3, 0.4) is 0 Å². The lowest BCUT2D eigenvalue weighted by molar-refractivity contribution is 0.402. The van der Waals surface area contributed by atoms with Crippen LogP contribution in [0.5, 0.6) is 0 Å². The lowest BCUT2D eigenvalue weighted by atomic mass is 10.1. The van der Waals surface area contributed by atoms with Crippen molar-refractivity contribution in [1.82, 2.24) is 4.31 Å². The summed E-state index contributed by atoms with van der Waals surface area (Å²) in [6.45, 7) is 4.48. The molecule has 0 unspecified atom stereocenters. The van der Waals surface area contributed by atoms with E-state index in [4.69, 9.17) is 4.42 Å². The molecule has 0 radical (unpaired) electrons. The van der Waals surface area contributed by atoms with Crippen molar-refractivity contribution in [3.8, 4) is 0 Å². The Balaban J connectivity index is 2.12. The summed E-state index contributed by atoms with van der Waals surface area (Å²) in [4.78, 5) is 0. The molecule has 0 bridgehead atoms. The maximum Gasteiger partial charge on any atom is 0.275 e. The lowest BCUT2D eigenvalue weighted by Gasteiger charge is -2.10. The number of nitrogens with zero attached hydrogens (tertiary/aromatic N) is 1. The molecular formula is C15H20N2O3S. The van der Waals surface area contributed by atoms with Gasteiger partial charge in [-0.25, -0.2) is 12.7 Å². The Bertz CT molecular complexity index is 733. The van der Waals surface area contributed by atoms with E-state index in [-0.39, 0.29) is 5.09 Å². The highest BCUT2D eigenvalue weighted by atomic mass is 32.2. The van der Waals surface area contributed by atoms with Gasteiger partial charge in [0.15, 0.2) is 0 Å². The topological polar surface area (TPSA) is 62.6 Å².